The molecule has 3 aromatic carbocycles. The van der Waals surface area contributed by atoms with Gasteiger partial charge in [-0.15, -0.1) is 0 Å². The highest BCUT2D eigenvalue weighted by molar-refractivity contribution is 5.98. The predicted molar refractivity (Wildman–Crippen MR) is 146 cm³/mol. The molecule has 0 heterocycles. The monoisotopic (exact) mass is 480 g/mol. The molecule has 186 valence electrons. The molecule has 0 saturated heterocycles. The summed E-state index contributed by atoms with van der Waals surface area (Å²) < 4.78 is 5.63. The maximum Gasteiger partial charge on any atom is 0.316 e. The van der Waals surface area contributed by atoms with Gasteiger partial charge in [-0.2, -0.15) is 0 Å². The van der Waals surface area contributed by atoms with E-state index in [1.54, 1.807) is 12.1 Å². The van der Waals surface area contributed by atoms with Gasteiger partial charge >= 0.3 is 5.97 Å². The van der Waals surface area contributed by atoms with Gasteiger partial charge in [0, 0.05) is 0 Å². The third kappa shape index (κ3) is 5.26. The summed E-state index contributed by atoms with van der Waals surface area (Å²) in [5.41, 5.74) is 5.37. The molecule has 3 atom stereocenters. The Balaban J connectivity index is 1.59. The van der Waals surface area contributed by atoms with Gasteiger partial charge in [-0.3, -0.25) is 4.79 Å². The average molecular weight is 481 g/mol. The second kappa shape index (κ2) is 9.97. The third-order valence-corrected chi connectivity index (χ3v) is 7.90. The lowest BCUT2D eigenvalue weighted by Crippen LogP contribution is -2.25. The fourth-order valence-corrected chi connectivity index (χ4v) is 5.99. The molecule has 2 saturated carbocycles. The predicted octanol–water partition coefficient (Wildman–Crippen LogP) is 8.13. The van der Waals surface area contributed by atoms with Crippen LogP contribution >= 0.6 is 0 Å². The van der Waals surface area contributed by atoms with E-state index in [2.05, 4.69) is 42.5 Å². The molecule has 3 unspecified atom stereocenters. The molecule has 1 N–H and O–H groups in total. The van der Waals surface area contributed by atoms with Crippen molar-refractivity contribution < 1.29 is 14.6 Å². The van der Waals surface area contributed by atoms with Crippen LogP contribution in [0.3, 0.4) is 0 Å². The van der Waals surface area contributed by atoms with Crippen LogP contribution in [0.1, 0.15) is 69.6 Å². The molecule has 3 heteroatoms. The quantitative estimate of drug-likeness (QED) is 0.220. The van der Waals surface area contributed by atoms with Gasteiger partial charge < -0.3 is 9.84 Å². The van der Waals surface area contributed by atoms with Gasteiger partial charge in [-0.1, -0.05) is 61.0 Å². The number of carbonyl (C=O) groups excluding carboxylic acids is 1. The summed E-state index contributed by atoms with van der Waals surface area (Å²) in [4.78, 5) is 12.4. The standard InChI is InChI=1S/C33H36O3/c1-33(2,3)32(35)36-29-17-13-25(14-18-29)31(24-11-15-28(34)16-12-24)30(23-7-5-4-6-8-23)21-27-20-22-9-10-26(27)19-22/h4-8,11-18,22,26-27,34H,9-10,19-21H2,1-3H3. The Morgan fingerprint density at radius 3 is 2.03 bits per heavy atom. The first-order chi connectivity index (χ1) is 17.3. The third-order valence-electron chi connectivity index (χ3n) is 7.90. The molecule has 0 spiro atoms. The fourth-order valence-electron chi connectivity index (χ4n) is 5.99. The first kappa shape index (κ1) is 24.4. The fraction of sp³-hybridized carbons (Fsp3) is 0.364. The van der Waals surface area contributed by atoms with E-state index < -0.39 is 5.41 Å². The van der Waals surface area contributed by atoms with Crippen LogP contribution in [-0.4, -0.2) is 11.1 Å². The Morgan fingerprint density at radius 1 is 0.833 bits per heavy atom. The maximum absolute atomic E-state index is 12.4. The van der Waals surface area contributed by atoms with E-state index in [1.807, 2.05) is 45.0 Å². The molecule has 2 bridgehead atoms. The summed E-state index contributed by atoms with van der Waals surface area (Å²) in [6.45, 7) is 5.57. The number of fused-ring (bicyclic) bond motifs is 2. The van der Waals surface area contributed by atoms with Crippen molar-refractivity contribution in [1.29, 1.82) is 0 Å². The van der Waals surface area contributed by atoms with Crippen LogP contribution in [0.2, 0.25) is 0 Å². The molecule has 36 heavy (non-hydrogen) atoms. The van der Waals surface area contributed by atoms with Gasteiger partial charge in [0.25, 0.3) is 0 Å². The zero-order valence-electron chi connectivity index (χ0n) is 21.5. The smallest absolute Gasteiger partial charge is 0.316 e. The van der Waals surface area contributed by atoms with Crippen LogP contribution in [0.15, 0.2) is 78.9 Å². The zero-order valence-corrected chi connectivity index (χ0v) is 21.5. The van der Waals surface area contributed by atoms with Crippen LogP contribution in [0.5, 0.6) is 11.5 Å². The Bertz CT molecular complexity index is 1230. The van der Waals surface area contributed by atoms with E-state index in [9.17, 15) is 9.90 Å². The summed E-state index contributed by atoms with van der Waals surface area (Å²) in [5, 5.41) is 9.99. The number of benzene rings is 3. The van der Waals surface area contributed by atoms with Crippen molar-refractivity contribution in [3.05, 3.63) is 95.6 Å². The van der Waals surface area contributed by atoms with E-state index in [4.69, 9.17) is 4.74 Å². The molecule has 2 fully saturated rings. The second-order valence-corrected chi connectivity index (χ2v) is 11.6. The van der Waals surface area contributed by atoms with Gasteiger partial charge in [-0.25, -0.2) is 0 Å². The molecule has 3 nitrogen and oxygen atoms in total. The molecule has 2 aliphatic rings. The van der Waals surface area contributed by atoms with Crippen LogP contribution < -0.4 is 4.74 Å². The largest absolute Gasteiger partial charge is 0.508 e. The SMILES string of the molecule is CC(C)(C)C(=O)Oc1ccc(C(=C(CC2CC3CCC2C3)c2ccccc2)c2ccc(O)cc2)cc1. The van der Waals surface area contributed by atoms with Crippen LogP contribution in [-0.2, 0) is 4.79 Å². The molecule has 0 amide bonds. The van der Waals surface area contributed by atoms with Gasteiger partial charge in [0.15, 0.2) is 0 Å². The number of carbonyl (C=O) groups is 1. The molecule has 0 aromatic heterocycles. The zero-order chi connectivity index (χ0) is 25.3. The molecule has 0 radical (unpaired) electrons. The van der Waals surface area contributed by atoms with E-state index in [0.29, 0.717) is 11.7 Å². The summed E-state index contributed by atoms with van der Waals surface area (Å²) in [7, 11) is 0. The van der Waals surface area contributed by atoms with Gasteiger partial charge in [0.05, 0.1) is 5.41 Å². The summed E-state index contributed by atoms with van der Waals surface area (Å²) in [6, 6.07) is 26.1. The number of rotatable bonds is 6. The first-order valence-electron chi connectivity index (χ1n) is 13.2. The molecular weight excluding hydrogens is 444 g/mol. The summed E-state index contributed by atoms with van der Waals surface area (Å²) >= 11 is 0. The summed E-state index contributed by atoms with van der Waals surface area (Å²) in [5.74, 6) is 3.00. The lowest BCUT2D eigenvalue weighted by Gasteiger charge is -2.26. The average Bonchev–Trinajstić information content (AvgIpc) is 3.49. The van der Waals surface area contributed by atoms with E-state index in [0.717, 1.165) is 29.4 Å². The molecule has 2 aliphatic carbocycles. The number of hydrogen-bond donors (Lipinski definition) is 1. The van der Waals surface area contributed by atoms with Crippen molar-refractivity contribution in [2.75, 3.05) is 0 Å². The van der Waals surface area contributed by atoms with Gasteiger partial charge in [-0.05, 0) is 116 Å². The highest BCUT2D eigenvalue weighted by Crippen LogP contribution is 2.52. The lowest BCUT2D eigenvalue weighted by atomic mass is 9.79. The lowest BCUT2D eigenvalue weighted by molar-refractivity contribution is -0.142. The molecular formula is C33H36O3. The van der Waals surface area contributed by atoms with Crippen molar-refractivity contribution in [3.8, 4) is 11.5 Å². The highest BCUT2D eigenvalue weighted by atomic mass is 16.5. The Kier molecular flexibility index (Phi) is 6.75. The van der Waals surface area contributed by atoms with Crippen LogP contribution in [0.25, 0.3) is 11.1 Å². The van der Waals surface area contributed by atoms with E-state index in [-0.39, 0.29) is 11.7 Å². The van der Waals surface area contributed by atoms with Crippen LogP contribution in [0.4, 0.5) is 0 Å². The number of aromatic hydroxyl groups is 1. The maximum atomic E-state index is 12.4. The number of allylic oxidation sites excluding steroid dienone is 1. The minimum absolute atomic E-state index is 0.245. The number of hydrogen-bond acceptors (Lipinski definition) is 3. The van der Waals surface area contributed by atoms with Crippen molar-refractivity contribution in [3.63, 3.8) is 0 Å². The van der Waals surface area contributed by atoms with Crippen LogP contribution in [0, 0.1) is 23.2 Å². The topological polar surface area (TPSA) is 46.5 Å². The highest BCUT2D eigenvalue weighted by Gasteiger charge is 2.40. The Morgan fingerprint density at radius 2 is 1.47 bits per heavy atom. The van der Waals surface area contributed by atoms with Crippen molar-refractivity contribution in [1.82, 2.24) is 0 Å². The number of phenolic OH excluding ortho intramolecular Hbond substituents is 1. The first-order valence-corrected chi connectivity index (χ1v) is 13.2. The van der Waals surface area contributed by atoms with E-state index >= 15 is 0 Å². The molecule has 5 rings (SSSR count). The van der Waals surface area contributed by atoms with Crippen molar-refractivity contribution in [2.24, 2.45) is 23.2 Å². The van der Waals surface area contributed by atoms with Crippen molar-refractivity contribution >= 4 is 17.1 Å². The van der Waals surface area contributed by atoms with E-state index in [1.165, 1.54) is 42.4 Å². The normalized spacial score (nSPS) is 21.8. The number of ether oxygens (including phenoxy) is 1. The van der Waals surface area contributed by atoms with Gasteiger partial charge in [0.1, 0.15) is 11.5 Å². The minimum atomic E-state index is -0.559. The Hall–Kier alpha value is -3.33. The molecule has 0 aliphatic heterocycles. The second-order valence-electron chi connectivity index (χ2n) is 11.6. The minimum Gasteiger partial charge on any atom is -0.508 e. The number of phenols is 1. The number of esters is 1. The molecule has 3 aromatic rings. The summed E-state index contributed by atoms with van der Waals surface area (Å²) in [6.07, 6.45) is 6.51. The van der Waals surface area contributed by atoms with Gasteiger partial charge in [0.2, 0.25) is 0 Å². The van der Waals surface area contributed by atoms with Crippen molar-refractivity contribution in [2.45, 2.75) is 52.9 Å². The Labute approximate surface area is 214 Å².